The normalized spacial score (nSPS) is 11.3. The van der Waals surface area contributed by atoms with Crippen molar-refractivity contribution >= 4 is 5.96 Å². The summed E-state index contributed by atoms with van der Waals surface area (Å²) in [5.41, 5.74) is 1.01. The number of ether oxygens (including phenoxy) is 1. The van der Waals surface area contributed by atoms with Crippen LogP contribution in [0, 0.1) is 17.5 Å². The number of nitrogens with one attached hydrogen (secondary N) is 2. The first-order valence-corrected chi connectivity index (χ1v) is 7.85. The number of benzene rings is 2. The first-order chi connectivity index (χ1) is 12.1. The average Bonchev–Trinajstić information content (AvgIpc) is 2.60. The Morgan fingerprint density at radius 2 is 1.64 bits per heavy atom. The lowest BCUT2D eigenvalue weighted by molar-refractivity contribution is 0.304. The molecule has 2 rings (SSSR count). The van der Waals surface area contributed by atoms with E-state index in [1.54, 1.807) is 19.2 Å². The molecule has 0 fully saturated rings. The minimum atomic E-state index is -0.734. The predicted octanol–water partition coefficient (Wildman–Crippen LogP) is 2.89. The number of nitrogens with zero attached hydrogens (tertiary/aromatic N) is 1. The van der Waals surface area contributed by atoms with Gasteiger partial charge in [0.1, 0.15) is 18.2 Å². The van der Waals surface area contributed by atoms with Crippen LogP contribution in [0.1, 0.15) is 5.56 Å². The molecule has 0 radical (unpaired) electrons. The fourth-order valence-corrected chi connectivity index (χ4v) is 2.12. The van der Waals surface area contributed by atoms with E-state index < -0.39 is 11.6 Å². The summed E-state index contributed by atoms with van der Waals surface area (Å²) in [6, 6.07) is 9.49. The van der Waals surface area contributed by atoms with Crippen molar-refractivity contribution in [2.75, 3.05) is 26.7 Å². The van der Waals surface area contributed by atoms with Crippen LogP contribution in [0.15, 0.2) is 47.5 Å². The van der Waals surface area contributed by atoms with Crippen molar-refractivity contribution in [3.63, 3.8) is 0 Å². The molecule has 25 heavy (non-hydrogen) atoms. The molecular formula is C18H20F3N3O. The third kappa shape index (κ3) is 6.37. The smallest absolute Gasteiger partial charge is 0.191 e. The van der Waals surface area contributed by atoms with Gasteiger partial charge in [0.25, 0.3) is 0 Å². The van der Waals surface area contributed by atoms with Gasteiger partial charge in [-0.2, -0.15) is 0 Å². The van der Waals surface area contributed by atoms with Gasteiger partial charge < -0.3 is 15.4 Å². The molecule has 0 saturated heterocycles. The zero-order valence-corrected chi connectivity index (χ0v) is 13.9. The molecule has 4 nitrogen and oxygen atoms in total. The number of hydrogen-bond acceptors (Lipinski definition) is 2. The molecule has 0 unspecified atom stereocenters. The number of rotatable bonds is 7. The highest BCUT2D eigenvalue weighted by molar-refractivity contribution is 5.79. The van der Waals surface area contributed by atoms with Crippen molar-refractivity contribution in [2.45, 2.75) is 6.42 Å². The largest absolute Gasteiger partial charge is 0.489 e. The minimum Gasteiger partial charge on any atom is -0.489 e. The highest BCUT2D eigenvalue weighted by atomic mass is 19.1. The third-order valence-electron chi connectivity index (χ3n) is 3.39. The molecule has 0 saturated carbocycles. The van der Waals surface area contributed by atoms with Gasteiger partial charge in [0.15, 0.2) is 17.5 Å². The molecule has 0 heterocycles. The van der Waals surface area contributed by atoms with E-state index in [1.165, 1.54) is 18.2 Å². The summed E-state index contributed by atoms with van der Waals surface area (Å²) in [6.07, 6.45) is 0.721. The number of guanidine groups is 1. The molecule has 7 heteroatoms. The second kappa shape index (κ2) is 9.56. The van der Waals surface area contributed by atoms with Gasteiger partial charge in [-0.05, 0) is 36.2 Å². The molecule has 0 aliphatic rings. The Kier molecular flexibility index (Phi) is 7.13. The maximum absolute atomic E-state index is 13.4. The van der Waals surface area contributed by atoms with Crippen molar-refractivity contribution < 1.29 is 17.9 Å². The molecule has 0 bridgehead atoms. The zero-order chi connectivity index (χ0) is 18.1. The van der Waals surface area contributed by atoms with Gasteiger partial charge in [-0.3, -0.25) is 4.99 Å². The lowest BCUT2D eigenvalue weighted by Gasteiger charge is -2.13. The topological polar surface area (TPSA) is 45.7 Å². The summed E-state index contributed by atoms with van der Waals surface area (Å²) >= 11 is 0. The lowest BCUT2D eigenvalue weighted by atomic mass is 10.1. The van der Waals surface area contributed by atoms with Crippen molar-refractivity contribution in [1.29, 1.82) is 0 Å². The monoisotopic (exact) mass is 351 g/mol. The fraction of sp³-hybridized carbons (Fsp3) is 0.278. The van der Waals surface area contributed by atoms with E-state index >= 15 is 0 Å². The van der Waals surface area contributed by atoms with Gasteiger partial charge in [-0.15, -0.1) is 0 Å². The van der Waals surface area contributed by atoms with Crippen molar-refractivity contribution in [2.24, 2.45) is 4.99 Å². The van der Waals surface area contributed by atoms with Crippen LogP contribution in [0.2, 0.25) is 0 Å². The fourth-order valence-electron chi connectivity index (χ4n) is 2.12. The molecule has 0 aliphatic heterocycles. The highest BCUT2D eigenvalue weighted by Gasteiger charge is 2.04. The van der Waals surface area contributed by atoms with E-state index in [1.807, 2.05) is 0 Å². The Bertz CT molecular complexity index is 705. The maximum atomic E-state index is 13.4. The van der Waals surface area contributed by atoms with Gasteiger partial charge >= 0.3 is 0 Å². The van der Waals surface area contributed by atoms with E-state index in [0.717, 1.165) is 24.1 Å². The Morgan fingerprint density at radius 3 is 2.32 bits per heavy atom. The van der Waals surface area contributed by atoms with Crippen LogP contribution in [0.3, 0.4) is 0 Å². The maximum Gasteiger partial charge on any atom is 0.191 e. The second-order valence-corrected chi connectivity index (χ2v) is 5.23. The third-order valence-corrected chi connectivity index (χ3v) is 3.39. The SMILES string of the molecule is CN=C(NCCOc1ccc(F)cc1F)NCCc1ccc(F)cc1. The molecule has 0 atom stereocenters. The van der Waals surface area contributed by atoms with E-state index in [0.29, 0.717) is 19.0 Å². The summed E-state index contributed by atoms with van der Waals surface area (Å²) in [6.45, 7) is 1.22. The van der Waals surface area contributed by atoms with Gasteiger partial charge in [-0.1, -0.05) is 12.1 Å². The molecule has 2 aromatic rings. The van der Waals surface area contributed by atoms with E-state index in [9.17, 15) is 13.2 Å². The molecule has 0 spiro atoms. The first kappa shape index (κ1) is 18.6. The average molecular weight is 351 g/mol. The zero-order valence-electron chi connectivity index (χ0n) is 13.9. The second-order valence-electron chi connectivity index (χ2n) is 5.23. The van der Waals surface area contributed by atoms with Crippen LogP contribution < -0.4 is 15.4 Å². The van der Waals surface area contributed by atoms with Crippen molar-refractivity contribution in [3.8, 4) is 5.75 Å². The molecule has 2 N–H and O–H groups in total. The number of aliphatic imine (C=N–C) groups is 1. The van der Waals surface area contributed by atoms with Crippen LogP contribution in [-0.2, 0) is 6.42 Å². The van der Waals surface area contributed by atoms with Crippen LogP contribution in [0.4, 0.5) is 13.2 Å². The van der Waals surface area contributed by atoms with Crippen molar-refractivity contribution in [3.05, 3.63) is 65.5 Å². The predicted molar refractivity (Wildman–Crippen MR) is 91.3 cm³/mol. The highest BCUT2D eigenvalue weighted by Crippen LogP contribution is 2.17. The van der Waals surface area contributed by atoms with Crippen LogP contribution >= 0.6 is 0 Å². The number of hydrogen-bond donors (Lipinski definition) is 2. The van der Waals surface area contributed by atoms with E-state index in [4.69, 9.17) is 4.74 Å². The quantitative estimate of drug-likeness (QED) is 0.458. The summed E-state index contributed by atoms with van der Waals surface area (Å²) in [5.74, 6) is -1.06. The van der Waals surface area contributed by atoms with E-state index in [-0.39, 0.29) is 18.2 Å². The Morgan fingerprint density at radius 1 is 0.960 bits per heavy atom. The molecule has 0 amide bonds. The molecular weight excluding hydrogens is 331 g/mol. The minimum absolute atomic E-state index is 0.00227. The Balaban J connectivity index is 1.67. The van der Waals surface area contributed by atoms with Gasteiger partial charge in [0.05, 0.1) is 6.54 Å². The number of halogens is 3. The Labute approximate surface area is 144 Å². The molecule has 0 aromatic heterocycles. The summed E-state index contributed by atoms with van der Waals surface area (Å²) in [4.78, 5) is 4.06. The van der Waals surface area contributed by atoms with Crippen LogP contribution in [0.5, 0.6) is 5.75 Å². The Hall–Kier alpha value is -2.70. The van der Waals surface area contributed by atoms with Gasteiger partial charge in [0, 0.05) is 19.7 Å². The summed E-state index contributed by atoms with van der Waals surface area (Å²) in [5, 5.41) is 6.14. The van der Waals surface area contributed by atoms with Gasteiger partial charge in [-0.25, -0.2) is 13.2 Å². The van der Waals surface area contributed by atoms with Gasteiger partial charge in [0.2, 0.25) is 0 Å². The van der Waals surface area contributed by atoms with Crippen molar-refractivity contribution in [1.82, 2.24) is 10.6 Å². The van der Waals surface area contributed by atoms with Crippen LogP contribution in [0.25, 0.3) is 0 Å². The molecule has 134 valence electrons. The first-order valence-electron chi connectivity index (χ1n) is 7.85. The summed E-state index contributed by atoms with van der Waals surface area (Å²) in [7, 11) is 1.63. The van der Waals surface area contributed by atoms with E-state index in [2.05, 4.69) is 15.6 Å². The lowest BCUT2D eigenvalue weighted by Crippen LogP contribution is -2.40. The molecule has 2 aromatic carbocycles. The molecule has 0 aliphatic carbocycles. The summed E-state index contributed by atoms with van der Waals surface area (Å²) < 4.78 is 44.3. The standard InChI is InChI=1S/C18H20F3N3O/c1-22-18(23-9-8-13-2-4-14(19)5-3-13)24-10-11-25-17-7-6-15(20)12-16(17)21/h2-7,12H,8-11H2,1H3,(H2,22,23,24). The van der Waals surface area contributed by atoms with Crippen LogP contribution in [-0.4, -0.2) is 32.7 Å².